The number of carbonyl (C=O) groups is 1. The first-order valence-corrected chi connectivity index (χ1v) is 8.90. The number of nitrogens with one attached hydrogen (secondary N) is 1. The second kappa shape index (κ2) is 6.67. The number of non-ortho nitro benzene ring substituents is 1. The first-order valence-electron chi connectivity index (χ1n) is 7.46. The van der Waals surface area contributed by atoms with E-state index in [1.165, 1.54) is 42.5 Å². The highest BCUT2D eigenvalue weighted by Crippen LogP contribution is 2.34. The number of carbonyl (C=O) groups excluding carboxylic acids is 1. The van der Waals surface area contributed by atoms with E-state index < -0.39 is 25.8 Å². The molecule has 0 spiro atoms. The van der Waals surface area contributed by atoms with Gasteiger partial charge in [0.25, 0.3) is 21.7 Å². The maximum atomic E-state index is 12.4. The van der Waals surface area contributed by atoms with Crippen molar-refractivity contribution in [2.75, 3.05) is 5.32 Å². The van der Waals surface area contributed by atoms with E-state index in [0.717, 1.165) is 12.1 Å². The maximum Gasteiger partial charge on any atom is 0.297 e. The number of hydrogen-bond donors (Lipinski definition) is 3. The summed E-state index contributed by atoms with van der Waals surface area (Å²) in [6.07, 6.45) is 0. The quantitative estimate of drug-likeness (QED) is 0.354. The maximum absolute atomic E-state index is 12.4. The normalized spacial score (nSPS) is 11.3. The highest BCUT2D eigenvalue weighted by Gasteiger charge is 2.22. The zero-order chi connectivity index (χ0) is 19.8. The highest BCUT2D eigenvalue weighted by atomic mass is 32.2. The van der Waals surface area contributed by atoms with E-state index in [2.05, 4.69) is 5.32 Å². The third-order valence-electron chi connectivity index (χ3n) is 3.84. The van der Waals surface area contributed by atoms with E-state index >= 15 is 0 Å². The van der Waals surface area contributed by atoms with Crippen LogP contribution in [-0.2, 0) is 10.1 Å². The topological polar surface area (TPSA) is 147 Å². The molecule has 0 bridgehead atoms. The second-order valence-corrected chi connectivity index (χ2v) is 6.91. The average molecular weight is 388 g/mol. The Labute approximate surface area is 152 Å². The van der Waals surface area contributed by atoms with Gasteiger partial charge in [0.15, 0.2) is 0 Å². The molecule has 0 aliphatic rings. The summed E-state index contributed by atoms with van der Waals surface area (Å²) in [5, 5.41) is 23.1. The van der Waals surface area contributed by atoms with Gasteiger partial charge in [-0.05, 0) is 30.3 Å². The summed E-state index contributed by atoms with van der Waals surface area (Å²) in [5.74, 6) is -0.917. The number of amides is 1. The van der Waals surface area contributed by atoms with Gasteiger partial charge in [-0.3, -0.25) is 19.5 Å². The Morgan fingerprint density at radius 3 is 2.26 bits per heavy atom. The summed E-state index contributed by atoms with van der Waals surface area (Å²) < 4.78 is 33.3. The number of anilines is 1. The van der Waals surface area contributed by atoms with E-state index in [9.17, 15) is 33.0 Å². The molecule has 3 aromatic rings. The molecule has 0 fully saturated rings. The molecule has 0 aliphatic carbocycles. The van der Waals surface area contributed by atoms with Crippen molar-refractivity contribution in [3.05, 3.63) is 70.3 Å². The van der Waals surface area contributed by atoms with Gasteiger partial charge in [0.1, 0.15) is 10.6 Å². The first kappa shape index (κ1) is 18.3. The predicted molar refractivity (Wildman–Crippen MR) is 96.5 cm³/mol. The number of phenolic OH excluding ortho intramolecular Hbond substituents is 1. The molecule has 0 aromatic heterocycles. The van der Waals surface area contributed by atoms with Crippen LogP contribution in [0.1, 0.15) is 10.4 Å². The third kappa shape index (κ3) is 3.57. The molecule has 9 nitrogen and oxygen atoms in total. The lowest BCUT2D eigenvalue weighted by Gasteiger charge is -2.13. The van der Waals surface area contributed by atoms with Gasteiger partial charge < -0.3 is 10.4 Å². The summed E-state index contributed by atoms with van der Waals surface area (Å²) in [4.78, 5) is 21.9. The van der Waals surface area contributed by atoms with Gasteiger partial charge in [0.05, 0.1) is 10.6 Å². The molecule has 0 saturated heterocycles. The molecule has 3 N–H and O–H groups in total. The van der Waals surface area contributed by atoms with Gasteiger partial charge in [-0.15, -0.1) is 0 Å². The Balaban J connectivity index is 2.06. The lowest BCUT2D eigenvalue weighted by atomic mass is 10.1. The number of rotatable bonds is 4. The molecular formula is C17H12N2O7S. The molecule has 3 aromatic carbocycles. The van der Waals surface area contributed by atoms with Crippen molar-refractivity contribution < 1.29 is 27.8 Å². The summed E-state index contributed by atoms with van der Waals surface area (Å²) in [5.41, 5.74) is -0.344. The van der Waals surface area contributed by atoms with Crippen molar-refractivity contribution in [1.82, 2.24) is 0 Å². The van der Waals surface area contributed by atoms with Gasteiger partial charge in [-0.25, -0.2) is 0 Å². The monoisotopic (exact) mass is 388 g/mol. The van der Waals surface area contributed by atoms with E-state index in [4.69, 9.17) is 0 Å². The van der Waals surface area contributed by atoms with Crippen molar-refractivity contribution in [3.63, 3.8) is 0 Å². The Kier molecular flexibility index (Phi) is 4.52. The van der Waals surface area contributed by atoms with E-state index in [0.29, 0.717) is 0 Å². The molecule has 138 valence electrons. The predicted octanol–water partition coefficient (Wildman–Crippen LogP) is 2.95. The van der Waals surface area contributed by atoms with E-state index in [1.807, 2.05) is 0 Å². The third-order valence-corrected chi connectivity index (χ3v) is 4.79. The fourth-order valence-corrected chi connectivity index (χ4v) is 3.47. The van der Waals surface area contributed by atoms with Gasteiger partial charge in [0.2, 0.25) is 0 Å². The lowest BCUT2D eigenvalue weighted by Crippen LogP contribution is -2.15. The standard InChI is InChI=1S/C17H12N2O7S/c20-15-3-1-2-13-12(15)8-9-14(16(13)27(24,25)26)18-17(21)10-4-6-11(7-5-10)19(22)23/h1-9,20H,(H,18,21)(H,24,25,26). The number of benzene rings is 3. The SMILES string of the molecule is O=C(Nc1ccc2c(O)cccc2c1S(=O)(=O)O)c1ccc([N+](=O)[O-])cc1. The number of nitrogens with zero attached hydrogens (tertiary/aromatic N) is 1. The van der Waals surface area contributed by atoms with Crippen LogP contribution in [0.5, 0.6) is 5.75 Å². The smallest absolute Gasteiger partial charge is 0.297 e. The molecule has 0 aliphatic heterocycles. The van der Waals surface area contributed by atoms with Crippen LogP contribution in [-0.4, -0.2) is 28.9 Å². The molecule has 3 rings (SSSR count). The summed E-state index contributed by atoms with van der Waals surface area (Å²) in [6.45, 7) is 0. The second-order valence-electron chi connectivity index (χ2n) is 5.55. The number of hydrogen-bond acceptors (Lipinski definition) is 6. The van der Waals surface area contributed by atoms with Crippen LogP contribution in [0.4, 0.5) is 11.4 Å². The average Bonchev–Trinajstić information content (AvgIpc) is 2.60. The van der Waals surface area contributed by atoms with Gasteiger partial charge in [-0.1, -0.05) is 12.1 Å². The van der Waals surface area contributed by atoms with Crippen molar-refractivity contribution in [1.29, 1.82) is 0 Å². The number of aromatic hydroxyl groups is 1. The van der Waals surface area contributed by atoms with Crippen LogP contribution in [0.2, 0.25) is 0 Å². The number of phenols is 1. The molecule has 0 radical (unpaired) electrons. The van der Waals surface area contributed by atoms with Crippen LogP contribution >= 0.6 is 0 Å². The lowest BCUT2D eigenvalue weighted by molar-refractivity contribution is -0.384. The van der Waals surface area contributed by atoms with Crippen molar-refractivity contribution in [2.45, 2.75) is 4.90 Å². The Hall–Kier alpha value is -3.50. The zero-order valence-corrected chi connectivity index (χ0v) is 14.3. The summed E-state index contributed by atoms with van der Waals surface area (Å²) in [6, 6.07) is 11.5. The molecule has 0 saturated carbocycles. The van der Waals surface area contributed by atoms with Crippen LogP contribution in [0.15, 0.2) is 59.5 Å². The van der Waals surface area contributed by atoms with Crippen LogP contribution in [0.25, 0.3) is 10.8 Å². The summed E-state index contributed by atoms with van der Waals surface area (Å²) >= 11 is 0. The fourth-order valence-electron chi connectivity index (χ4n) is 2.62. The molecule has 1 amide bonds. The highest BCUT2D eigenvalue weighted by molar-refractivity contribution is 7.86. The molecule has 0 atom stereocenters. The van der Waals surface area contributed by atoms with Gasteiger partial charge in [-0.2, -0.15) is 8.42 Å². The van der Waals surface area contributed by atoms with Crippen LogP contribution < -0.4 is 5.32 Å². The van der Waals surface area contributed by atoms with E-state index in [-0.39, 0.29) is 33.5 Å². The Morgan fingerprint density at radius 2 is 1.67 bits per heavy atom. The number of nitro groups is 1. The summed E-state index contributed by atoms with van der Waals surface area (Å²) in [7, 11) is -4.74. The van der Waals surface area contributed by atoms with E-state index in [1.54, 1.807) is 0 Å². The number of fused-ring (bicyclic) bond motifs is 1. The Morgan fingerprint density at radius 1 is 1.00 bits per heavy atom. The molecule has 0 unspecified atom stereocenters. The molecule has 10 heteroatoms. The largest absolute Gasteiger partial charge is 0.507 e. The Bertz CT molecular complexity index is 1170. The fraction of sp³-hybridized carbons (Fsp3) is 0. The van der Waals surface area contributed by atoms with Gasteiger partial charge in [0, 0.05) is 28.5 Å². The van der Waals surface area contributed by atoms with Crippen molar-refractivity contribution in [3.8, 4) is 5.75 Å². The minimum atomic E-state index is -4.74. The zero-order valence-electron chi connectivity index (χ0n) is 13.5. The number of nitro benzene ring substituents is 1. The van der Waals surface area contributed by atoms with Crippen LogP contribution in [0, 0.1) is 10.1 Å². The first-order chi connectivity index (χ1) is 12.7. The van der Waals surface area contributed by atoms with Crippen LogP contribution in [0.3, 0.4) is 0 Å². The molecule has 27 heavy (non-hydrogen) atoms. The van der Waals surface area contributed by atoms with Crippen molar-refractivity contribution in [2.24, 2.45) is 0 Å². The van der Waals surface area contributed by atoms with Gasteiger partial charge >= 0.3 is 0 Å². The minimum absolute atomic E-state index is 0.0269. The molecular weight excluding hydrogens is 376 g/mol. The molecule has 0 heterocycles. The van der Waals surface area contributed by atoms with Crippen molar-refractivity contribution >= 4 is 38.2 Å². The minimum Gasteiger partial charge on any atom is -0.507 e.